The van der Waals surface area contributed by atoms with E-state index in [1.807, 2.05) is 13.1 Å². The Kier molecular flexibility index (Phi) is 3.78. The molecule has 0 aromatic carbocycles. The van der Waals surface area contributed by atoms with Crippen LogP contribution < -0.4 is 0 Å². The number of hydrogen-bond acceptors (Lipinski definition) is 2. The van der Waals surface area contributed by atoms with Crippen LogP contribution in [0.5, 0.6) is 0 Å². The normalized spacial score (nSPS) is 12.9. The van der Waals surface area contributed by atoms with E-state index in [1.165, 1.54) is 30.5 Å². The van der Waals surface area contributed by atoms with Gasteiger partial charge in [-0.1, -0.05) is 12.2 Å². The number of Topliss-reactive ketones (excluding diaryl/α,β-unsaturated/α-hetero) is 1. The van der Waals surface area contributed by atoms with Gasteiger partial charge in [0.2, 0.25) is 0 Å². The summed E-state index contributed by atoms with van der Waals surface area (Å²) in [6.07, 6.45) is 4.06. The summed E-state index contributed by atoms with van der Waals surface area (Å²) in [5, 5.41) is 0. The summed E-state index contributed by atoms with van der Waals surface area (Å²) in [6, 6.07) is 2.16. The molecule has 1 aliphatic carbocycles. The lowest BCUT2D eigenvalue weighted by Gasteiger charge is -1.96. The van der Waals surface area contributed by atoms with E-state index in [0.29, 0.717) is 0 Å². The van der Waals surface area contributed by atoms with Crippen LogP contribution in [0.3, 0.4) is 0 Å². The molecule has 2 nitrogen and oxygen atoms in total. The molecule has 80 valence electrons. The molecule has 0 amide bonds. The van der Waals surface area contributed by atoms with Crippen LogP contribution in [-0.2, 0) is 17.6 Å². The number of nitrogens with zero attached hydrogens (tertiary/aromatic N) is 1. The second-order valence-corrected chi connectivity index (χ2v) is 4.11. The quantitative estimate of drug-likeness (QED) is 0.607. The third kappa shape index (κ3) is 3.66. The number of ketones is 1. The van der Waals surface area contributed by atoms with Gasteiger partial charge in [-0.2, -0.15) is 0 Å². The van der Waals surface area contributed by atoms with Crippen molar-refractivity contribution in [2.24, 2.45) is 0 Å². The first-order valence-corrected chi connectivity index (χ1v) is 5.07. The number of fused-ring (bicyclic) bond motifs is 1. The van der Waals surface area contributed by atoms with Crippen LogP contribution in [0, 0.1) is 6.92 Å². The molecule has 2 heteroatoms. The van der Waals surface area contributed by atoms with E-state index in [2.05, 4.69) is 17.6 Å². The SMILES string of the molecule is C=C1Cc2cnc(C)cc2C1.CC(C)=O. The molecule has 0 radical (unpaired) electrons. The van der Waals surface area contributed by atoms with Crippen molar-refractivity contribution in [3.05, 3.63) is 41.2 Å². The topological polar surface area (TPSA) is 30.0 Å². The number of rotatable bonds is 0. The average Bonchev–Trinajstić information content (AvgIpc) is 2.42. The number of allylic oxidation sites excluding steroid dienone is 1. The predicted molar refractivity (Wildman–Crippen MR) is 61.9 cm³/mol. The number of pyridine rings is 1. The molecular weight excluding hydrogens is 186 g/mol. The number of carbonyl (C=O) groups is 1. The molecule has 1 aliphatic rings. The van der Waals surface area contributed by atoms with Crippen molar-refractivity contribution in [1.82, 2.24) is 4.98 Å². The van der Waals surface area contributed by atoms with Crippen molar-refractivity contribution in [3.63, 3.8) is 0 Å². The Morgan fingerprint density at radius 1 is 1.33 bits per heavy atom. The van der Waals surface area contributed by atoms with Gasteiger partial charge in [0.05, 0.1) is 0 Å². The van der Waals surface area contributed by atoms with Crippen LogP contribution in [0.25, 0.3) is 0 Å². The van der Waals surface area contributed by atoms with Gasteiger partial charge in [-0.15, -0.1) is 0 Å². The maximum absolute atomic E-state index is 9.44. The van der Waals surface area contributed by atoms with Crippen LogP contribution in [0.2, 0.25) is 0 Å². The summed E-state index contributed by atoms with van der Waals surface area (Å²) in [5.74, 6) is 0.167. The monoisotopic (exact) mass is 203 g/mol. The van der Waals surface area contributed by atoms with E-state index in [1.54, 1.807) is 0 Å². The summed E-state index contributed by atoms with van der Waals surface area (Å²) in [7, 11) is 0. The van der Waals surface area contributed by atoms with E-state index in [4.69, 9.17) is 0 Å². The molecule has 0 saturated carbocycles. The Bertz CT molecular complexity index is 390. The minimum absolute atomic E-state index is 0.167. The standard InChI is InChI=1S/C10H11N.C3H6O/c1-7-3-9-5-8(2)11-6-10(9)4-7;1-3(2)4/h5-6H,1,3-4H2,2H3;1-2H3. The van der Waals surface area contributed by atoms with E-state index >= 15 is 0 Å². The number of aryl methyl sites for hydroxylation is 1. The van der Waals surface area contributed by atoms with Gasteiger partial charge in [-0.05, 0) is 50.8 Å². The zero-order chi connectivity index (χ0) is 11.4. The minimum Gasteiger partial charge on any atom is -0.300 e. The van der Waals surface area contributed by atoms with Gasteiger partial charge in [0.25, 0.3) is 0 Å². The first-order chi connectivity index (χ1) is 6.99. The molecule has 15 heavy (non-hydrogen) atoms. The third-order valence-corrected chi connectivity index (χ3v) is 2.10. The lowest BCUT2D eigenvalue weighted by molar-refractivity contribution is -0.114. The van der Waals surface area contributed by atoms with Gasteiger partial charge < -0.3 is 4.79 Å². The van der Waals surface area contributed by atoms with Gasteiger partial charge in [0, 0.05) is 11.9 Å². The van der Waals surface area contributed by atoms with Crippen LogP contribution in [0.1, 0.15) is 30.7 Å². The lowest BCUT2D eigenvalue weighted by Crippen LogP contribution is -1.86. The number of aromatic nitrogens is 1. The highest BCUT2D eigenvalue weighted by Crippen LogP contribution is 2.24. The molecule has 0 N–H and O–H groups in total. The zero-order valence-corrected chi connectivity index (χ0v) is 9.63. The van der Waals surface area contributed by atoms with E-state index in [9.17, 15) is 4.79 Å². The molecule has 1 heterocycles. The highest BCUT2D eigenvalue weighted by atomic mass is 16.1. The zero-order valence-electron chi connectivity index (χ0n) is 9.63. The lowest BCUT2D eigenvalue weighted by atomic mass is 10.2. The van der Waals surface area contributed by atoms with Crippen molar-refractivity contribution in [2.75, 3.05) is 0 Å². The van der Waals surface area contributed by atoms with Gasteiger partial charge in [0.15, 0.2) is 0 Å². The van der Waals surface area contributed by atoms with Crippen molar-refractivity contribution < 1.29 is 4.79 Å². The summed E-state index contributed by atoms with van der Waals surface area (Å²) in [5.41, 5.74) is 5.20. The molecule has 1 aromatic rings. The van der Waals surface area contributed by atoms with Gasteiger partial charge in [-0.25, -0.2) is 0 Å². The van der Waals surface area contributed by atoms with Crippen molar-refractivity contribution in [3.8, 4) is 0 Å². The predicted octanol–water partition coefficient (Wildman–Crippen LogP) is 2.64. The van der Waals surface area contributed by atoms with Gasteiger partial charge in [-0.3, -0.25) is 4.98 Å². The fraction of sp³-hybridized carbons (Fsp3) is 0.385. The molecule has 0 bridgehead atoms. The molecule has 1 aromatic heterocycles. The van der Waals surface area contributed by atoms with Gasteiger partial charge in [0.1, 0.15) is 5.78 Å². The van der Waals surface area contributed by atoms with Crippen LogP contribution in [0.15, 0.2) is 24.4 Å². The van der Waals surface area contributed by atoms with E-state index in [-0.39, 0.29) is 5.78 Å². The smallest absolute Gasteiger partial charge is 0.126 e. The van der Waals surface area contributed by atoms with Crippen LogP contribution in [0.4, 0.5) is 0 Å². The first-order valence-electron chi connectivity index (χ1n) is 5.07. The second-order valence-electron chi connectivity index (χ2n) is 4.11. The maximum atomic E-state index is 9.44. The average molecular weight is 203 g/mol. The maximum Gasteiger partial charge on any atom is 0.126 e. The summed E-state index contributed by atoms with van der Waals surface area (Å²) >= 11 is 0. The third-order valence-electron chi connectivity index (χ3n) is 2.10. The molecule has 0 saturated heterocycles. The molecule has 0 unspecified atom stereocenters. The van der Waals surface area contributed by atoms with E-state index < -0.39 is 0 Å². The van der Waals surface area contributed by atoms with Gasteiger partial charge >= 0.3 is 0 Å². The largest absolute Gasteiger partial charge is 0.300 e. The van der Waals surface area contributed by atoms with E-state index in [0.717, 1.165) is 18.5 Å². The molecule has 0 fully saturated rings. The highest BCUT2D eigenvalue weighted by molar-refractivity contribution is 5.72. The Hall–Kier alpha value is -1.44. The Labute approximate surface area is 91.0 Å². The molecule has 0 aliphatic heterocycles. The molecule has 0 atom stereocenters. The summed E-state index contributed by atoms with van der Waals surface area (Å²) in [6.45, 7) is 9.06. The fourth-order valence-corrected chi connectivity index (χ4v) is 1.57. The van der Waals surface area contributed by atoms with Crippen LogP contribution in [-0.4, -0.2) is 10.8 Å². The Morgan fingerprint density at radius 2 is 1.87 bits per heavy atom. The second kappa shape index (κ2) is 4.87. The Balaban J connectivity index is 0.000000245. The van der Waals surface area contributed by atoms with Crippen molar-refractivity contribution in [1.29, 1.82) is 0 Å². The minimum atomic E-state index is 0.167. The van der Waals surface area contributed by atoms with Crippen molar-refractivity contribution >= 4 is 5.78 Å². The number of carbonyl (C=O) groups excluding carboxylic acids is 1. The van der Waals surface area contributed by atoms with Crippen LogP contribution >= 0.6 is 0 Å². The molecular formula is C13H17NO. The molecule has 0 spiro atoms. The summed E-state index contributed by atoms with van der Waals surface area (Å²) in [4.78, 5) is 13.7. The Morgan fingerprint density at radius 3 is 2.47 bits per heavy atom. The fourth-order valence-electron chi connectivity index (χ4n) is 1.57. The first kappa shape index (κ1) is 11.6. The summed E-state index contributed by atoms with van der Waals surface area (Å²) < 4.78 is 0. The number of hydrogen-bond donors (Lipinski definition) is 0. The molecule has 2 rings (SSSR count). The highest BCUT2D eigenvalue weighted by Gasteiger charge is 2.13. The van der Waals surface area contributed by atoms with Crippen molar-refractivity contribution in [2.45, 2.75) is 33.6 Å².